The van der Waals surface area contributed by atoms with E-state index in [1.165, 1.54) is 31.0 Å². The molecule has 0 heterocycles. The van der Waals surface area contributed by atoms with E-state index in [2.05, 4.69) is 20.7 Å². The zero-order chi connectivity index (χ0) is 15.4. The molecule has 0 amide bonds. The lowest BCUT2D eigenvalue weighted by molar-refractivity contribution is -0.385. The molecule has 0 radical (unpaired) electrons. The first-order valence-electron chi connectivity index (χ1n) is 5.81. The molecule has 108 valence electrons. The predicted molar refractivity (Wildman–Crippen MR) is 82.7 cm³/mol. The van der Waals surface area contributed by atoms with Gasteiger partial charge in [-0.2, -0.15) is 0 Å². The molecular weight excluding hydrogens is 358 g/mol. The summed E-state index contributed by atoms with van der Waals surface area (Å²) in [4.78, 5) is 23.6. The zero-order valence-electron chi connectivity index (χ0n) is 10.9. The van der Waals surface area contributed by atoms with Gasteiger partial charge >= 0.3 is 5.97 Å². The molecule has 0 bridgehead atoms. The first-order chi connectivity index (χ1) is 10.0. The Hall–Kier alpha value is -1.86. The number of nitro benzene ring substituents is 1. The zero-order valence-corrected chi connectivity index (χ0v) is 13.3. The Balaban J connectivity index is 2.33. The number of nitrogens with zero attached hydrogens (tertiary/aromatic N) is 1. The molecule has 0 N–H and O–H groups in total. The molecule has 21 heavy (non-hydrogen) atoms. The van der Waals surface area contributed by atoms with E-state index < -0.39 is 10.9 Å². The number of carbonyl (C=O) groups excluding carboxylic acids is 1. The van der Waals surface area contributed by atoms with Gasteiger partial charge in [-0.3, -0.25) is 10.1 Å². The average molecular weight is 368 g/mol. The van der Waals surface area contributed by atoms with Crippen LogP contribution < -0.4 is 0 Å². The van der Waals surface area contributed by atoms with Gasteiger partial charge in [0.25, 0.3) is 5.69 Å². The number of methoxy groups -OCH3 is 1. The summed E-state index contributed by atoms with van der Waals surface area (Å²) in [6, 6.07) is 12.0. The monoisotopic (exact) mass is 367 g/mol. The molecule has 0 fully saturated rings. The smallest absolute Gasteiger partial charge is 0.344 e. The quantitative estimate of drug-likeness (QED) is 0.457. The van der Waals surface area contributed by atoms with Crippen molar-refractivity contribution >= 4 is 39.3 Å². The SMILES string of the molecule is COC(=O)c1ccc(Sc2ccc(Br)cc2)cc1[N+](=O)[O-]. The maximum atomic E-state index is 11.5. The van der Waals surface area contributed by atoms with Crippen LogP contribution in [0.15, 0.2) is 56.7 Å². The highest BCUT2D eigenvalue weighted by atomic mass is 79.9. The summed E-state index contributed by atoms with van der Waals surface area (Å²) in [5.41, 5.74) is -0.313. The molecule has 2 rings (SSSR count). The van der Waals surface area contributed by atoms with Crippen LogP contribution in [0.25, 0.3) is 0 Å². The molecule has 0 atom stereocenters. The molecular formula is C14H10BrNO4S. The van der Waals surface area contributed by atoms with Crippen molar-refractivity contribution < 1.29 is 14.5 Å². The van der Waals surface area contributed by atoms with E-state index in [-0.39, 0.29) is 11.3 Å². The third-order valence-corrected chi connectivity index (χ3v) is 4.15. The molecule has 0 aliphatic carbocycles. The summed E-state index contributed by atoms with van der Waals surface area (Å²) in [6.07, 6.45) is 0. The Morgan fingerprint density at radius 1 is 1.19 bits per heavy atom. The molecule has 0 aromatic heterocycles. The summed E-state index contributed by atoms with van der Waals surface area (Å²) in [6.45, 7) is 0. The Labute approximate surface area is 133 Å². The van der Waals surface area contributed by atoms with Gasteiger partial charge in [0.15, 0.2) is 0 Å². The maximum Gasteiger partial charge on any atom is 0.344 e. The summed E-state index contributed by atoms with van der Waals surface area (Å²) in [5, 5.41) is 11.1. The van der Waals surface area contributed by atoms with Gasteiger partial charge in [0, 0.05) is 20.3 Å². The van der Waals surface area contributed by atoms with E-state index in [9.17, 15) is 14.9 Å². The van der Waals surface area contributed by atoms with Crippen LogP contribution in [0.4, 0.5) is 5.69 Å². The van der Waals surface area contributed by atoms with E-state index in [1.807, 2.05) is 24.3 Å². The topological polar surface area (TPSA) is 69.4 Å². The number of ether oxygens (including phenoxy) is 1. The van der Waals surface area contributed by atoms with Crippen LogP contribution in [-0.4, -0.2) is 18.0 Å². The van der Waals surface area contributed by atoms with Crippen molar-refractivity contribution in [2.24, 2.45) is 0 Å². The van der Waals surface area contributed by atoms with Crippen molar-refractivity contribution in [1.29, 1.82) is 0 Å². The third kappa shape index (κ3) is 3.83. The van der Waals surface area contributed by atoms with Gasteiger partial charge in [-0.15, -0.1) is 0 Å². The van der Waals surface area contributed by atoms with Crippen LogP contribution in [0.5, 0.6) is 0 Å². The second kappa shape index (κ2) is 6.73. The van der Waals surface area contributed by atoms with Crippen LogP contribution >= 0.6 is 27.7 Å². The second-order valence-corrected chi connectivity index (χ2v) is 6.05. The Morgan fingerprint density at radius 3 is 2.38 bits per heavy atom. The van der Waals surface area contributed by atoms with Gasteiger partial charge in [0.1, 0.15) is 5.56 Å². The lowest BCUT2D eigenvalue weighted by Crippen LogP contribution is -2.05. The Bertz CT molecular complexity index is 688. The van der Waals surface area contributed by atoms with Gasteiger partial charge < -0.3 is 4.74 Å². The summed E-state index contributed by atoms with van der Waals surface area (Å²) in [5.74, 6) is -0.720. The lowest BCUT2D eigenvalue weighted by atomic mass is 10.2. The van der Waals surface area contributed by atoms with E-state index >= 15 is 0 Å². The highest BCUT2D eigenvalue weighted by Gasteiger charge is 2.21. The van der Waals surface area contributed by atoms with Crippen molar-refractivity contribution in [1.82, 2.24) is 0 Å². The van der Waals surface area contributed by atoms with Crippen molar-refractivity contribution in [3.63, 3.8) is 0 Å². The maximum absolute atomic E-state index is 11.5. The van der Waals surface area contributed by atoms with Crippen LogP contribution in [-0.2, 0) is 4.74 Å². The molecule has 2 aromatic rings. The number of benzene rings is 2. The largest absolute Gasteiger partial charge is 0.465 e. The molecule has 0 unspecified atom stereocenters. The molecule has 0 aliphatic heterocycles. The fourth-order valence-electron chi connectivity index (χ4n) is 1.65. The molecule has 0 aliphatic rings. The normalized spacial score (nSPS) is 10.2. The van der Waals surface area contributed by atoms with Crippen molar-refractivity contribution in [2.45, 2.75) is 9.79 Å². The van der Waals surface area contributed by atoms with Gasteiger partial charge in [0.2, 0.25) is 0 Å². The van der Waals surface area contributed by atoms with Crippen molar-refractivity contribution in [3.8, 4) is 0 Å². The summed E-state index contributed by atoms with van der Waals surface area (Å²) < 4.78 is 5.50. The molecule has 7 heteroatoms. The fraction of sp³-hybridized carbons (Fsp3) is 0.0714. The van der Waals surface area contributed by atoms with E-state index in [4.69, 9.17) is 0 Å². The lowest BCUT2D eigenvalue weighted by Gasteiger charge is -2.05. The van der Waals surface area contributed by atoms with E-state index in [1.54, 1.807) is 6.07 Å². The predicted octanol–water partition coefficient (Wildman–Crippen LogP) is 4.30. The standard InChI is InChI=1S/C14H10BrNO4S/c1-20-14(17)12-7-6-11(8-13(12)16(18)19)21-10-4-2-9(15)3-5-10/h2-8H,1H3. The van der Waals surface area contributed by atoms with E-state index in [0.717, 1.165) is 9.37 Å². The van der Waals surface area contributed by atoms with Gasteiger partial charge in [0.05, 0.1) is 12.0 Å². The van der Waals surface area contributed by atoms with Crippen molar-refractivity contribution in [2.75, 3.05) is 7.11 Å². The molecule has 0 spiro atoms. The Kier molecular flexibility index (Phi) is 4.98. The minimum atomic E-state index is -0.720. The summed E-state index contributed by atoms with van der Waals surface area (Å²) in [7, 11) is 1.19. The average Bonchev–Trinajstić information content (AvgIpc) is 2.48. The first-order valence-corrected chi connectivity index (χ1v) is 7.42. The van der Waals surface area contributed by atoms with Crippen LogP contribution in [0.3, 0.4) is 0 Å². The van der Waals surface area contributed by atoms with Crippen LogP contribution in [0, 0.1) is 10.1 Å². The minimum Gasteiger partial charge on any atom is -0.465 e. The molecule has 0 saturated heterocycles. The highest BCUT2D eigenvalue weighted by molar-refractivity contribution is 9.10. The number of nitro groups is 1. The van der Waals surface area contributed by atoms with E-state index in [0.29, 0.717) is 4.90 Å². The number of hydrogen-bond acceptors (Lipinski definition) is 5. The van der Waals surface area contributed by atoms with Gasteiger partial charge in [-0.05, 0) is 36.4 Å². The third-order valence-electron chi connectivity index (χ3n) is 2.62. The molecule has 0 saturated carbocycles. The highest BCUT2D eigenvalue weighted by Crippen LogP contribution is 2.32. The van der Waals surface area contributed by atoms with Crippen LogP contribution in [0.2, 0.25) is 0 Å². The number of carbonyl (C=O) groups is 1. The van der Waals surface area contributed by atoms with Crippen molar-refractivity contribution in [3.05, 3.63) is 62.6 Å². The summed E-state index contributed by atoms with van der Waals surface area (Å²) >= 11 is 4.72. The minimum absolute atomic E-state index is 0.0531. The molecule has 2 aromatic carbocycles. The number of esters is 1. The first kappa shape index (κ1) is 15.5. The van der Waals surface area contributed by atoms with Crippen LogP contribution in [0.1, 0.15) is 10.4 Å². The van der Waals surface area contributed by atoms with Gasteiger partial charge in [-0.25, -0.2) is 4.79 Å². The fourth-order valence-corrected chi connectivity index (χ4v) is 2.76. The van der Waals surface area contributed by atoms with Gasteiger partial charge in [-0.1, -0.05) is 27.7 Å². The molecule has 5 nitrogen and oxygen atoms in total. The Morgan fingerprint density at radius 2 is 1.81 bits per heavy atom. The second-order valence-electron chi connectivity index (χ2n) is 3.98. The number of halogens is 1. The number of rotatable bonds is 4. The number of hydrogen-bond donors (Lipinski definition) is 0.